The Morgan fingerprint density at radius 3 is 2.84 bits per heavy atom. The summed E-state index contributed by atoms with van der Waals surface area (Å²) >= 11 is 6.12. The standard InChI is InChI=1S/C15H20ClN3/c1-11-13(4-7-19-8-5-17-6-9-19)14-10-12(16)2-3-15(14)18-11/h2-3,10,17-18H,4-9H2,1H3. The van der Waals surface area contributed by atoms with Crippen molar-refractivity contribution in [2.24, 2.45) is 0 Å². The Bertz CT molecular complexity index is 570. The second-order valence-electron chi connectivity index (χ2n) is 5.26. The third-order valence-corrected chi connectivity index (χ3v) is 4.20. The number of hydrogen-bond acceptors (Lipinski definition) is 2. The molecule has 2 heterocycles. The van der Waals surface area contributed by atoms with E-state index in [0.29, 0.717) is 0 Å². The summed E-state index contributed by atoms with van der Waals surface area (Å²) in [6.07, 6.45) is 1.09. The Labute approximate surface area is 118 Å². The van der Waals surface area contributed by atoms with Crippen LogP contribution in [0.1, 0.15) is 11.3 Å². The quantitative estimate of drug-likeness (QED) is 0.904. The Kier molecular flexibility index (Phi) is 3.78. The number of benzene rings is 1. The monoisotopic (exact) mass is 277 g/mol. The molecule has 1 aromatic heterocycles. The van der Waals surface area contributed by atoms with Gasteiger partial charge in [-0.05, 0) is 37.1 Å². The third kappa shape index (κ3) is 2.78. The zero-order valence-corrected chi connectivity index (χ0v) is 12.1. The van der Waals surface area contributed by atoms with E-state index >= 15 is 0 Å². The average molecular weight is 278 g/mol. The minimum absolute atomic E-state index is 0.815. The van der Waals surface area contributed by atoms with Gasteiger partial charge in [-0.3, -0.25) is 0 Å². The molecule has 0 spiro atoms. The Hall–Kier alpha value is -1.03. The molecule has 1 aliphatic rings. The molecule has 0 bridgehead atoms. The first-order chi connectivity index (χ1) is 9.24. The van der Waals surface area contributed by atoms with Crippen molar-refractivity contribution < 1.29 is 0 Å². The van der Waals surface area contributed by atoms with Crippen molar-refractivity contribution >= 4 is 22.5 Å². The molecular weight excluding hydrogens is 258 g/mol. The molecule has 102 valence electrons. The lowest BCUT2D eigenvalue weighted by atomic mass is 10.1. The van der Waals surface area contributed by atoms with Crippen LogP contribution in [0.4, 0.5) is 0 Å². The number of nitrogens with zero attached hydrogens (tertiary/aromatic N) is 1. The van der Waals surface area contributed by atoms with Gasteiger partial charge in [0.2, 0.25) is 0 Å². The first-order valence-corrected chi connectivity index (χ1v) is 7.31. The SMILES string of the molecule is Cc1[nH]c2ccc(Cl)cc2c1CCN1CCNCC1. The molecule has 0 saturated carbocycles. The molecule has 4 heteroatoms. The van der Waals surface area contributed by atoms with Gasteiger partial charge in [0.15, 0.2) is 0 Å². The van der Waals surface area contributed by atoms with Gasteiger partial charge in [-0.15, -0.1) is 0 Å². The highest BCUT2D eigenvalue weighted by molar-refractivity contribution is 6.31. The van der Waals surface area contributed by atoms with Gasteiger partial charge in [0.25, 0.3) is 0 Å². The van der Waals surface area contributed by atoms with Gasteiger partial charge in [-0.1, -0.05) is 11.6 Å². The van der Waals surface area contributed by atoms with E-state index in [1.165, 1.54) is 22.2 Å². The molecule has 3 rings (SSSR count). The van der Waals surface area contributed by atoms with Crippen LogP contribution in [-0.4, -0.2) is 42.6 Å². The van der Waals surface area contributed by atoms with E-state index in [4.69, 9.17) is 11.6 Å². The molecule has 0 unspecified atom stereocenters. The van der Waals surface area contributed by atoms with Crippen LogP contribution in [0.2, 0.25) is 5.02 Å². The third-order valence-electron chi connectivity index (χ3n) is 3.97. The van der Waals surface area contributed by atoms with Crippen LogP contribution >= 0.6 is 11.6 Å². The number of fused-ring (bicyclic) bond motifs is 1. The molecule has 0 radical (unpaired) electrons. The Morgan fingerprint density at radius 2 is 2.05 bits per heavy atom. The van der Waals surface area contributed by atoms with Crippen LogP contribution in [0, 0.1) is 6.92 Å². The molecule has 0 atom stereocenters. The molecule has 1 fully saturated rings. The van der Waals surface area contributed by atoms with Crippen molar-refractivity contribution in [3.05, 3.63) is 34.5 Å². The maximum atomic E-state index is 6.12. The van der Waals surface area contributed by atoms with Gasteiger partial charge in [-0.25, -0.2) is 0 Å². The highest BCUT2D eigenvalue weighted by Gasteiger charge is 2.13. The van der Waals surface area contributed by atoms with Gasteiger partial charge in [-0.2, -0.15) is 0 Å². The van der Waals surface area contributed by atoms with Crippen molar-refractivity contribution in [2.75, 3.05) is 32.7 Å². The first kappa shape index (κ1) is 13.0. The topological polar surface area (TPSA) is 31.1 Å². The van der Waals surface area contributed by atoms with Gasteiger partial charge in [0.05, 0.1) is 0 Å². The highest BCUT2D eigenvalue weighted by Crippen LogP contribution is 2.25. The van der Waals surface area contributed by atoms with E-state index in [2.05, 4.69) is 34.3 Å². The lowest BCUT2D eigenvalue weighted by Crippen LogP contribution is -2.44. The second kappa shape index (κ2) is 5.53. The van der Waals surface area contributed by atoms with Crippen LogP contribution in [0.3, 0.4) is 0 Å². The summed E-state index contributed by atoms with van der Waals surface area (Å²) in [7, 11) is 0. The van der Waals surface area contributed by atoms with E-state index in [1.54, 1.807) is 0 Å². The summed E-state index contributed by atoms with van der Waals surface area (Å²) in [6.45, 7) is 7.81. The summed E-state index contributed by atoms with van der Waals surface area (Å²) < 4.78 is 0. The smallest absolute Gasteiger partial charge is 0.0459 e. The summed E-state index contributed by atoms with van der Waals surface area (Å²) in [5, 5.41) is 5.48. The fourth-order valence-corrected chi connectivity index (χ4v) is 3.05. The van der Waals surface area contributed by atoms with Crippen molar-refractivity contribution in [1.29, 1.82) is 0 Å². The molecule has 2 N–H and O–H groups in total. The van der Waals surface area contributed by atoms with Crippen LogP contribution < -0.4 is 5.32 Å². The zero-order valence-electron chi connectivity index (χ0n) is 11.3. The number of rotatable bonds is 3. The molecule has 1 aromatic carbocycles. The molecule has 0 amide bonds. The number of nitrogens with one attached hydrogen (secondary N) is 2. The normalized spacial score (nSPS) is 17.2. The summed E-state index contributed by atoms with van der Waals surface area (Å²) in [5.74, 6) is 0. The first-order valence-electron chi connectivity index (χ1n) is 6.94. The molecular formula is C15H20ClN3. The van der Waals surface area contributed by atoms with Crippen LogP contribution in [0.5, 0.6) is 0 Å². The maximum Gasteiger partial charge on any atom is 0.0459 e. The van der Waals surface area contributed by atoms with Crippen molar-refractivity contribution in [1.82, 2.24) is 15.2 Å². The molecule has 19 heavy (non-hydrogen) atoms. The van der Waals surface area contributed by atoms with Crippen molar-refractivity contribution in [3.63, 3.8) is 0 Å². The summed E-state index contributed by atoms with van der Waals surface area (Å²) in [5.41, 5.74) is 3.88. The number of aryl methyl sites for hydroxylation is 1. The molecule has 1 saturated heterocycles. The minimum atomic E-state index is 0.815. The van der Waals surface area contributed by atoms with Gasteiger partial charge in [0.1, 0.15) is 0 Å². The molecule has 1 aliphatic heterocycles. The van der Waals surface area contributed by atoms with Crippen LogP contribution in [-0.2, 0) is 6.42 Å². The Morgan fingerprint density at radius 1 is 1.26 bits per heavy atom. The summed E-state index contributed by atoms with van der Waals surface area (Å²) in [4.78, 5) is 5.98. The second-order valence-corrected chi connectivity index (χ2v) is 5.70. The van der Waals surface area contributed by atoms with E-state index in [9.17, 15) is 0 Å². The van der Waals surface area contributed by atoms with Crippen LogP contribution in [0.25, 0.3) is 10.9 Å². The maximum absolute atomic E-state index is 6.12. The molecule has 3 nitrogen and oxygen atoms in total. The number of aromatic nitrogens is 1. The fourth-order valence-electron chi connectivity index (χ4n) is 2.88. The number of hydrogen-bond donors (Lipinski definition) is 2. The Balaban J connectivity index is 1.79. The van der Waals surface area contributed by atoms with Crippen LogP contribution in [0.15, 0.2) is 18.2 Å². The minimum Gasteiger partial charge on any atom is -0.358 e. The van der Waals surface area contributed by atoms with Gasteiger partial charge in [0, 0.05) is 54.3 Å². The van der Waals surface area contributed by atoms with Crippen molar-refractivity contribution in [3.8, 4) is 0 Å². The molecule has 2 aromatic rings. The molecule has 0 aliphatic carbocycles. The van der Waals surface area contributed by atoms with Gasteiger partial charge < -0.3 is 15.2 Å². The highest BCUT2D eigenvalue weighted by atomic mass is 35.5. The average Bonchev–Trinajstić information content (AvgIpc) is 2.73. The fraction of sp³-hybridized carbons (Fsp3) is 0.467. The van der Waals surface area contributed by atoms with Crippen molar-refractivity contribution in [2.45, 2.75) is 13.3 Å². The van der Waals surface area contributed by atoms with E-state index < -0.39 is 0 Å². The van der Waals surface area contributed by atoms with E-state index in [1.807, 2.05) is 6.07 Å². The number of halogens is 1. The number of piperazine rings is 1. The van der Waals surface area contributed by atoms with E-state index in [-0.39, 0.29) is 0 Å². The number of aromatic amines is 1. The zero-order chi connectivity index (χ0) is 13.2. The summed E-state index contributed by atoms with van der Waals surface area (Å²) in [6, 6.07) is 6.09. The predicted molar refractivity (Wildman–Crippen MR) is 81.1 cm³/mol. The largest absolute Gasteiger partial charge is 0.358 e. The number of H-pyrrole nitrogens is 1. The van der Waals surface area contributed by atoms with E-state index in [0.717, 1.165) is 44.2 Å². The lowest BCUT2D eigenvalue weighted by molar-refractivity contribution is 0.244. The predicted octanol–water partition coefficient (Wildman–Crippen LogP) is 2.58. The lowest BCUT2D eigenvalue weighted by Gasteiger charge is -2.27. The van der Waals surface area contributed by atoms with Gasteiger partial charge >= 0.3 is 0 Å².